The second-order valence-corrected chi connectivity index (χ2v) is 5.87. The van der Waals surface area contributed by atoms with Crippen LogP contribution in [0.15, 0.2) is 40.8 Å². The van der Waals surface area contributed by atoms with Gasteiger partial charge < -0.3 is 10.1 Å². The first-order chi connectivity index (χ1) is 12.0. The van der Waals surface area contributed by atoms with E-state index in [0.717, 1.165) is 10.4 Å². The topological polar surface area (TPSA) is 96.9 Å². The maximum atomic E-state index is 11.8. The van der Waals surface area contributed by atoms with E-state index < -0.39 is 17.8 Å². The van der Waals surface area contributed by atoms with Gasteiger partial charge in [-0.2, -0.15) is 5.10 Å². The molecule has 2 N–H and O–H groups in total. The zero-order valence-corrected chi connectivity index (χ0v) is 14.6. The van der Waals surface area contributed by atoms with Gasteiger partial charge in [-0.1, -0.05) is 0 Å². The van der Waals surface area contributed by atoms with Crippen molar-refractivity contribution < 1.29 is 19.1 Å². The van der Waals surface area contributed by atoms with Crippen LogP contribution >= 0.6 is 11.3 Å². The number of amides is 2. The Balaban J connectivity index is 1.88. The highest BCUT2D eigenvalue weighted by Crippen LogP contribution is 2.12. The molecule has 2 rings (SSSR count). The summed E-state index contributed by atoms with van der Waals surface area (Å²) in [6.07, 6.45) is 1.49. The zero-order valence-electron chi connectivity index (χ0n) is 13.7. The minimum absolute atomic E-state index is 0.281. The number of ether oxygens (including phenoxy) is 1. The number of hydrazone groups is 1. The van der Waals surface area contributed by atoms with E-state index in [1.165, 1.54) is 41.8 Å². The molecule has 7 nitrogen and oxygen atoms in total. The van der Waals surface area contributed by atoms with Gasteiger partial charge in [-0.3, -0.25) is 9.59 Å². The summed E-state index contributed by atoms with van der Waals surface area (Å²) in [5.41, 5.74) is 3.94. The quantitative estimate of drug-likeness (QED) is 0.370. The molecular weight excluding hydrogens is 342 g/mol. The molecule has 130 valence electrons. The van der Waals surface area contributed by atoms with E-state index in [4.69, 9.17) is 4.74 Å². The summed E-state index contributed by atoms with van der Waals surface area (Å²) < 4.78 is 4.86. The highest BCUT2D eigenvalue weighted by atomic mass is 32.1. The monoisotopic (exact) mass is 359 g/mol. The Morgan fingerprint density at radius 3 is 2.48 bits per heavy atom. The van der Waals surface area contributed by atoms with Crippen molar-refractivity contribution in [2.45, 2.75) is 13.8 Å². The van der Waals surface area contributed by atoms with Crippen LogP contribution < -0.4 is 10.7 Å². The van der Waals surface area contributed by atoms with Gasteiger partial charge in [0.15, 0.2) is 0 Å². The van der Waals surface area contributed by atoms with Crippen molar-refractivity contribution in [3.63, 3.8) is 0 Å². The summed E-state index contributed by atoms with van der Waals surface area (Å²) in [5, 5.41) is 8.09. The van der Waals surface area contributed by atoms with Gasteiger partial charge >= 0.3 is 17.8 Å². The molecule has 0 bridgehead atoms. The van der Waals surface area contributed by atoms with Gasteiger partial charge in [0.2, 0.25) is 0 Å². The maximum Gasteiger partial charge on any atom is 0.338 e. The maximum absolute atomic E-state index is 11.8. The third-order valence-corrected chi connectivity index (χ3v) is 4.06. The van der Waals surface area contributed by atoms with E-state index >= 15 is 0 Å². The second-order valence-electron chi connectivity index (χ2n) is 4.92. The molecule has 1 aromatic carbocycles. The van der Waals surface area contributed by atoms with Crippen molar-refractivity contribution in [3.8, 4) is 0 Å². The average molecular weight is 359 g/mol. The number of carbonyl (C=O) groups excluding carboxylic acids is 3. The van der Waals surface area contributed by atoms with Crippen molar-refractivity contribution in [2.75, 3.05) is 11.9 Å². The fraction of sp³-hybridized carbons (Fsp3) is 0.176. The molecule has 0 saturated carbocycles. The Labute approximate surface area is 148 Å². The van der Waals surface area contributed by atoms with Crippen LogP contribution in [0.25, 0.3) is 0 Å². The zero-order chi connectivity index (χ0) is 18.2. The van der Waals surface area contributed by atoms with E-state index in [0.29, 0.717) is 11.3 Å². The molecule has 25 heavy (non-hydrogen) atoms. The molecule has 0 saturated heterocycles. The molecule has 0 unspecified atom stereocenters. The van der Waals surface area contributed by atoms with Gasteiger partial charge in [-0.25, -0.2) is 10.2 Å². The van der Waals surface area contributed by atoms with E-state index in [-0.39, 0.29) is 6.61 Å². The number of anilines is 1. The van der Waals surface area contributed by atoms with Gasteiger partial charge in [0.05, 0.1) is 18.4 Å². The number of aryl methyl sites for hydroxylation is 1. The smallest absolute Gasteiger partial charge is 0.338 e. The molecule has 8 heteroatoms. The lowest BCUT2D eigenvalue weighted by atomic mass is 10.2. The van der Waals surface area contributed by atoms with Gasteiger partial charge in [0.1, 0.15) is 0 Å². The van der Waals surface area contributed by atoms with Crippen molar-refractivity contribution in [1.82, 2.24) is 5.43 Å². The molecule has 2 aromatic rings. The number of nitrogens with zero attached hydrogens (tertiary/aromatic N) is 1. The average Bonchev–Trinajstić information content (AvgIpc) is 3.00. The Kier molecular flexibility index (Phi) is 6.41. The van der Waals surface area contributed by atoms with Gasteiger partial charge in [0.25, 0.3) is 0 Å². The summed E-state index contributed by atoms with van der Waals surface area (Å²) in [6, 6.07) is 7.96. The Bertz CT molecular complexity index is 796. The molecule has 0 atom stereocenters. The van der Waals surface area contributed by atoms with Gasteiger partial charge in [-0.15, -0.1) is 11.3 Å². The Hall–Kier alpha value is -3.00. The van der Waals surface area contributed by atoms with E-state index in [9.17, 15) is 14.4 Å². The first-order valence-electron chi connectivity index (χ1n) is 7.47. The standard InChI is InChI=1S/C17H17N3O4S/c1-3-24-17(23)12-4-6-13(7-5-12)19-15(21)16(22)20-18-10-14-11(2)8-9-25-14/h4-10H,3H2,1-2H3,(H,19,21)(H,20,22)/b18-10-. The summed E-state index contributed by atoms with van der Waals surface area (Å²) in [6.45, 7) is 3.92. The number of benzene rings is 1. The summed E-state index contributed by atoms with van der Waals surface area (Å²) >= 11 is 1.48. The number of hydrogen-bond acceptors (Lipinski definition) is 6. The van der Waals surface area contributed by atoms with Crippen LogP contribution in [-0.4, -0.2) is 30.6 Å². The van der Waals surface area contributed by atoms with Crippen LogP contribution in [-0.2, 0) is 14.3 Å². The van der Waals surface area contributed by atoms with Gasteiger partial charge in [-0.05, 0) is 55.1 Å². The van der Waals surface area contributed by atoms with E-state index in [1.807, 2.05) is 18.4 Å². The molecule has 0 aliphatic carbocycles. The second kappa shape index (κ2) is 8.74. The first kappa shape index (κ1) is 18.3. The minimum Gasteiger partial charge on any atom is -0.462 e. The highest BCUT2D eigenvalue weighted by molar-refractivity contribution is 7.11. The Morgan fingerprint density at radius 1 is 1.16 bits per heavy atom. The summed E-state index contributed by atoms with van der Waals surface area (Å²) in [5.74, 6) is -2.19. The SMILES string of the molecule is CCOC(=O)c1ccc(NC(=O)C(=O)N/N=C\c2sccc2C)cc1. The minimum atomic E-state index is -0.889. The summed E-state index contributed by atoms with van der Waals surface area (Å²) in [7, 11) is 0. The third-order valence-electron chi connectivity index (χ3n) is 3.11. The number of thiophene rings is 1. The van der Waals surface area contributed by atoms with Crippen LogP contribution in [0.1, 0.15) is 27.7 Å². The number of nitrogens with one attached hydrogen (secondary N) is 2. The van der Waals surface area contributed by atoms with Crippen molar-refractivity contribution in [1.29, 1.82) is 0 Å². The number of hydrogen-bond donors (Lipinski definition) is 2. The third kappa shape index (κ3) is 5.25. The Morgan fingerprint density at radius 2 is 1.88 bits per heavy atom. The fourth-order valence-electron chi connectivity index (χ4n) is 1.81. The lowest BCUT2D eigenvalue weighted by Gasteiger charge is -2.05. The number of esters is 1. The number of carbonyl (C=O) groups is 3. The predicted octanol–water partition coefficient (Wildman–Crippen LogP) is 2.32. The summed E-state index contributed by atoms with van der Waals surface area (Å²) in [4.78, 5) is 36.0. The van der Waals surface area contributed by atoms with Gasteiger partial charge in [0, 0.05) is 10.6 Å². The first-order valence-corrected chi connectivity index (χ1v) is 8.35. The van der Waals surface area contributed by atoms with Crippen LogP contribution in [0.4, 0.5) is 5.69 Å². The molecule has 0 spiro atoms. The van der Waals surface area contributed by atoms with Crippen molar-refractivity contribution in [3.05, 3.63) is 51.7 Å². The largest absolute Gasteiger partial charge is 0.462 e. The molecule has 1 aromatic heterocycles. The van der Waals surface area contributed by atoms with Crippen molar-refractivity contribution >= 4 is 41.0 Å². The van der Waals surface area contributed by atoms with Crippen LogP contribution in [0.3, 0.4) is 0 Å². The lowest BCUT2D eigenvalue weighted by Crippen LogP contribution is -2.32. The molecule has 0 aliphatic heterocycles. The molecule has 0 fully saturated rings. The van der Waals surface area contributed by atoms with Crippen LogP contribution in [0.2, 0.25) is 0 Å². The predicted molar refractivity (Wildman–Crippen MR) is 95.8 cm³/mol. The van der Waals surface area contributed by atoms with E-state index in [1.54, 1.807) is 6.92 Å². The molecule has 0 aliphatic rings. The molecular formula is C17H17N3O4S. The normalized spacial score (nSPS) is 10.5. The van der Waals surface area contributed by atoms with E-state index in [2.05, 4.69) is 15.8 Å². The highest BCUT2D eigenvalue weighted by Gasteiger charge is 2.13. The molecule has 1 heterocycles. The molecule has 2 amide bonds. The fourth-order valence-corrected chi connectivity index (χ4v) is 2.60. The molecule has 0 radical (unpaired) electrons. The lowest BCUT2D eigenvalue weighted by molar-refractivity contribution is -0.136. The van der Waals surface area contributed by atoms with Crippen LogP contribution in [0, 0.1) is 6.92 Å². The van der Waals surface area contributed by atoms with Crippen molar-refractivity contribution in [2.24, 2.45) is 5.10 Å². The number of rotatable bonds is 5. The van der Waals surface area contributed by atoms with Crippen LogP contribution in [0.5, 0.6) is 0 Å².